The van der Waals surface area contributed by atoms with Gasteiger partial charge in [0, 0.05) is 25.6 Å². The van der Waals surface area contributed by atoms with Gasteiger partial charge in [0.1, 0.15) is 11.9 Å². The van der Waals surface area contributed by atoms with Crippen LogP contribution in [0.5, 0.6) is 5.75 Å². The van der Waals surface area contributed by atoms with E-state index in [4.69, 9.17) is 16.3 Å². The molecule has 0 aromatic heterocycles. The second kappa shape index (κ2) is 12.1. The average molecular weight is 514 g/mol. The molecule has 7 nitrogen and oxygen atoms in total. The number of carbonyl (C=O) groups excluding carboxylic acids is 2. The van der Waals surface area contributed by atoms with Crippen LogP contribution in [0, 0.1) is 0 Å². The quantitative estimate of drug-likeness (QED) is 0.362. The largest absolute Gasteiger partial charge is 0.486 e. The number of piperidine rings is 1. The molecule has 3 N–H and O–H groups in total. The molecule has 2 amide bonds. The van der Waals surface area contributed by atoms with Crippen molar-refractivity contribution in [3.63, 3.8) is 0 Å². The molecule has 2 aromatic rings. The van der Waals surface area contributed by atoms with Crippen molar-refractivity contribution in [1.82, 2.24) is 16.0 Å². The highest BCUT2D eigenvalue weighted by Crippen LogP contribution is 2.31. The summed E-state index contributed by atoms with van der Waals surface area (Å²) in [6.45, 7) is 1.56. The lowest BCUT2D eigenvalue weighted by Crippen LogP contribution is -2.53. The van der Waals surface area contributed by atoms with Gasteiger partial charge >= 0.3 is 18.2 Å². The molecule has 1 heterocycles. The Morgan fingerprint density at radius 2 is 1.83 bits per heavy atom. The van der Waals surface area contributed by atoms with Gasteiger partial charge in [0.05, 0.1) is 23.6 Å². The molecule has 3 atom stereocenters. The number of rotatable bonds is 8. The Bertz CT molecular complexity index is 987. The Hall–Kier alpha value is -2.98. The van der Waals surface area contributed by atoms with Gasteiger partial charge in [-0.05, 0) is 54.9 Å². The van der Waals surface area contributed by atoms with Crippen molar-refractivity contribution in [2.24, 2.45) is 0 Å². The van der Waals surface area contributed by atoms with Crippen molar-refractivity contribution in [2.45, 2.75) is 36.5 Å². The number of hydrogen-bond acceptors (Lipinski definition) is 5. The molecule has 35 heavy (non-hydrogen) atoms. The lowest BCUT2D eigenvalue weighted by Gasteiger charge is -2.28. The monoisotopic (exact) mass is 513 g/mol. The molecule has 190 valence electrons. The van der Waals surface area contributed by atoms with Gasteiger partial charge in [-0.1, -0.05) is 12.1 Å². The summed E-state index contributed by atoms with van der Waals surface area (Å²) in [6.07, 6.45) is -4.11. The summed E-state index contributed by atoms with van der Waals surface area (Å²) in [6, 6.07) is 10.3. The zero-order valence-electron chi connectivity index (χ0n) is 19.0. The smallest absolute Gasteiger partial charge is 0.416 e. The van der Waals surface area contributed by atoms with E-state index in [0.717, 1.165) is 18.7 Å². The minimum atomic E-state index is -4.45. The van der Waals surface area contributed by atoms with E-state index >= 15 is 0 Å². The van der Waals surface area contributed by atoms with Crippen LogP contribution in [-0.4, -0.2) is 50.2 Å². The Morgan fingerprint density at radius 3 is 2.43 bits per heavy atom. The number of esters is 1. The SMILES string of the molecule is COC(=O)c1ccc(OC(CCNC(=O)NC2CCNCC2Cl)c2ccc(C(F)(F)F)cc2)cc1. The summed E-state index contributed by atoms with van der Waals surface area (Å²) in [5.41, 5.74) is 0.0775. The van der Waals surface area contributed by atoms with Gasteiger partial charge in [-0.15, -0.1) is 11.6 Å². The highest BCUT2D eigenvalue weighted by atomic mass is 35.5. The Morgan fingerprint density at radius 1 is 1.14 bits per heavy atom. The lowest BCUT2D eigenvalue weighted by atomic mass is 10.0. The second-order valence-electron chi connectivity index (χ2n) is 8.05. The van der Waals surface area contributed by atoms with Gasteiger partial charge in [-0.25, -0.2) is 9.59 Å². The fraction of sp³-hybridized carbons (Fsp3) is 0.417. The molecule has 11 heteroatoms. The summed E-state index contributed by atoms with van der Waals surface area (Å²) in [5.74, 6) is -0.0920. The van der Waals surface area contributed by atoms with Gasteiger partial charge in [0.15, 0.2) is 0 Å². The number of ether oxygens (including phenoxy) is 2. The Balaban J connectivity index is 1.66. The maximum Gasteiger partial charge on any atom is 0.416 e. The molecule has 0 spiro atoms. The maximum atomic E-state index is 13.0. The first-order valence-corrected chi connectivity index (χ1v) is 11.5. The molecule has 1 saturated heterocycles. The summed E-state index contributed by atoms with van der Waals surface area (Å²) < 4.78 is 49.6. The fourth-order valence-electron chi connectivity index (χ4n) is 3.65. The summed E-state index contributed by atoms with van der Waals surface area (Å²) in [4.78, 5) is 23.9. The third kappa shape index (κ3) is 7.76. The van der Waals surface area contributed by atoms with E-state index in [1.807, 2.05) is 0 Å². The van der Waals surface area contributed by atoms with Crippen LogP contribution >= 0.6 is 11.6 Å². The number of methoxy groups -OCH3 is 1. The fourth-order valence-corrected chi connectivity index (χ4v) is 3.95. The van der Waals surface area contributed by atoms with E-state index in [1.54, 1.807) is 12.1 Å². The zero-order valence-corrected chi connectivity index (χ0v) is 19.8. The number of amides is 2. The Kier molecular flexibility index (Phi) is 9.22. The van der Waals surface area contributed by atoms with Crippen molar-refractivity contribution in [1.29, 1.82) is 0 Å². The third-order valence-corrected chi connectivity index (χ3v) is 6.04. The van der Waals surface area contributed by atoms with Crippen molar-refractivity contribution < 1.29 is 32.2 Å². The maximum absolute atomic E-state index is 13.0. The predicted molar refractivity (Wildman–Crippen MR) is 125 cm³/mol. The van der Waals surface area contributed by atoms with Gasteiger partial charge < -0.3 is 25.4 Å². The highest BCUT2D eigenvalue weighted by molar-refractivity contribution is 6.21. The van der Waals surface area contributed by atoms with E-state index in [0.29, 0.717) is 29.8 Å². The van der Waals surface area contributed by atoms with E-state index in [-0.39, 0.29) is 30.4 Å². The number of urea groups is 1. The first-order chi connectivity index (χ1) is 16.7. The summed E-state index contributed by atoms with van der Waals surface area (Å²) >= 11 is 6.23. The lowest BCUT2D eigenvalue weighted by molar-refractivity contribution is -0.137. The molecular weight excluding hydrogens is 487 g/mol. The normalized spacial score (nSPS) is 18.9. The van der Waals surface area contributed by atoms with Crippen LogP contribution < -0.4 is 20.7 Å². The van der Waals surface area contributed by atoms with Gasteiger partial charge in [-0.2, -0.15) is 13.2 Å². The topological polar surface area (TPSA) is 88.7 Å². The molecule has 0 aliphatic carbocycles. The number of halogens is 4. The molecule has 3 unspecified atom stereocenters. The Labute approximate surface area is 206 Å². The van der Waals surface area contributed by atoms with Gasteiger partial charge in [-0.3, -0.25) is 0 Å². The predicted octanol–water partition coefficient (Wildman–Crippen LogP) is 4.27. The van der Waals surface area contributed by atoms with E-state index in [1.165, 1.54) is 31.4 Å². The second-order valence-corrected chi connectivity index (χ2v) is 8.61. The number of benzene rings is 2. The van der Waals surface area contributed by atoms with Crippen LogP contribution in [0.3, 0.4) is 0 Å². The third-order valence-electron chi connectivity index (χ3n) is 5.58. The zero-order chi connectivity index (χ0) is 25.4. The molecule has 0 radical (unpaired) electrons. The number of hydrogen-bond donors (Lipinski definition) is 3. The molecular formula is C24H27ClF3N3O4. The first-order valence-electron chi connectivity index (χ1n) is 11.1. The van der Waals surface area contributed by atoms with Crippen LogP contribution in [0.15, 0.2) is 48.5 Å². The van der Waals surface area contributed by atoms with E-state index in [9.17, 15) is 22.8 Å². The van der Waals surface area contributed by atoms with Crippen LogP contribution in [0.1, 0.15) is 40.4 Å². The highest BCUT2D eigenvalue weighted by Gasteiger charge is 2.30. The summed E-state index contributed by atoms with van der Waals surface area (Å²) in [7, 11) is 1.27. The molecule has 1 fully saturated rings. The standard InChI is InChI=1S/C24H27ClF3N3O4/c1-34-22(32)16-4-8-18(9-5-16)35-21(15-2-6-17(7-3-15)24(26,27)28)11-13-30-23(33)31-20-10-12-29-14-19(20)25/h2-9,19-21,29H,10-14H2,1H3,(H2,30,31,33). The van der Waals surface area contributed by atoms with Crippen molar-refractivity contribution in [3.8, 4) is 5.75 Å². The van der Waals surface area contributed by atoms with Crippen LogP contribution in [0.2, 0.25) is 0 Å². The molecule has 3 rings (SSSR count). The molecule has 2 aromatic carbocycles. The number of nitrogens with one attached hydrogen (secondary N) is 3. The van der Waals surface area contributed by atoms with Crippen LogP contribution in [0.25, 0.3) is 0 Å². The van der Waals surface area contributed by atoms with Crippen molar-refractivity contribution in [2.75, 3.05) is 26.7 Å². The van der Waals surface area contributed by atoms with E-state index in [2.05, 4.69) is 20.7 Å². The van der Waals surface area contributed by atoms with E-state index < -0.39 is 23.8 Å². The first kappa shape index (κ1) is 26.6. The minimum absolute atomic E-state index is 0.159. The minimum Gasteiger partial charge on any atom is -0.486 e. The van der Waals surface area contributed by atoms with Crippen molar-refractivity contribution in [3.05, 3.63) is 65.2 Å². The average Bonchev–Trinajstić information content (AvgIpc) is 2.84. The van der Waals surface area contributed by atoms with Crippen molar-refractivity contribution >= 4 is 23.6 Å². The molecule has 1 aliphatic heterocycles. The van der Waals surface area contributed by atoms with Gasteiger partial charge in [0.25, 0.3) is 0 Å². The molecule has 1 aliphatic rings. The molecule has 0 bridgehead atoms. The van der Waals surface area contributed by atoms with Crippen LogP contribution in [0.4, 0.5) is 18.0 Å². The number of carbonyl (C=O) groups is 2. The summed E-state index contributed by atoms with van der Waals surface area (Å²) in [5, 5.41) is 8.53. The van der Waals surface area contributed by atoms with Gasteiger partial charge in [0.2, 0.25) is 0 Å². The van der Waals surface area contributed by atoms with Crippen LogP contribution in [-0.2, 0) is 10.9 Å². The molecule has 0 saturated carbocycles. The number of alkyl halides is 4.